The molecule has 0 aliphatic rings. The molecule has 84 valence electrons. The van der Waals surface area contributed by atoms with E-state index in [1.54, 1.807) is 12.4 Å². The van der Waals surface area contributed by atoms with Gasteiger partial charge >= 0.3 is 0 Å². The van der Waals surface area contributed by atoms with Gasteiger partial charge in [0.25, 0.3) is 0 Å². The smallest absolute Gasteiger partial charge is 0.0621 e. The highest BCUT2D eigenvalue weighted by Gasteiger charge is 2.21. The van der Waals surface area contributed by atoms with Crippen molar-refractivity contribution in [3.63, 3.8) is 0 Å². The van der Waals surface area contributed by atoms with Crippen LogP contribution < -0.4 is 0 Å². The number of rotatable bonds is 4. The van der Waals surface area contributed by atoms with Crippen molar-refractivity contribution in [2.24, 2.45) is 5.41 Å². The summed E-state index contributed by atoms with van der Waals surface area (Å²) in [5.41, 5.74) is 1.44. The first-order chi connectivity index (χ1) is 6.91. The Morgan fingerprint density at radius 2 is 2.20 bits per heavy atom. The lowest BCUT2D eigenvalue weighted by atomic mass is 9.82. The summed E-state index contributed by atoms with van der Waals surface area (Å²) in [6, 6.07) is 2.00. The summed E-state index contributed by atoms with van der Waals surface area (Å²) < 4.78 is 0. The van der Waals surface area contributed by atoms with Gasteiger partial charge in [0.2, 0.25) is 0 Å². The van der Waals surface area contributed by atoms with Crippen molar-refractivity contribution in [2.75, 3.05) is 0 Å². The van der Waals surface area contributed by atoms with Crippen LogP contribution in [0.15, 0.2) is 18.5 Å². The minimum absolute atomic E-state index is 0.258. The first kappa shape index (κ1) is 13.0. The molecule has 0 spiro atoms. The van der Waals surface area contributed by atoms with Gasteiger partial charge in [0.15, 0.2) is 0 Å². The predicted octanol–water partition coefficient (Wildman–Crippen LogP) is 4.48. The number of aromatic nitrogens is 1. The van der Waals surface area contributed by atoms with Crippen LogP contribution in [-0.4, -0.2) is 9.81 Å². The lowest BCUT2D eigenvalue weighted by molar-refractivity contribution is 0.335. The number of hydrogen-bond donors (Lipinski definition) is 0. The summed E-state index contributed by atoms with van der Waals surface area (Å²) in [5, 5.41) is 0.771. The molecule has 1 atom stereocenters. The molecule has 1 heterocycles. The molecule has 0 aromatic carbocycles. The number of alkyl halides is 1. The van der Waals surface area contributed by atoms with E-state index in [4.69, 9.17) is 11.6 Å². The monoisotopic (exact) mass is 289 g/mol. The van der Waals surface area contributed by atoms with E-state index in [1.165, 1.54) is 5.56 Å². The van der Waals surface area contributed by atoms with Crippen LogP contribution in [0.1, 0.15) is 32.8 Å². The van der Waals surface area contributed by atoms with Gasteiger partial charge in [-0.2, -0.15) is 0 Å². The molecule has 0 aliphatic carbocycles. The van der Waals surface area contributed by atoms with Crippen molar-refractivity contribution in [1.29, 1.82) is 0 Å². The van der Waals surface area contributed by atoms with E-state index in [9.17, 15) is 0 Å². The Kier molecular flexibility index (Phi) is 4.60. The van der Waals surface area contributed by atoms with Crippen molar-refractivity contribution >= 4 is 27.5 Å². The molecule has 0 fully saturated rings. The van der Waals surface area contributed by atoms with Crippen molar-refractivity contribution in [1.82, 2.24) is 4.98 Å². The summed E-state index contributed by atoms with van der Waals surface area (Å²) in [6.45, 7) is 6.71. The molecule has 0 N–H and O–H groups in total. The molecule has 1 nitrogen and oxygen atoms in total. The fourth-order valence-electron chi connectivity index (χ4n) is 1.90. The Bertz CT molecular complexity index is 323. The average Bonchev–Trinajstić information content (AvgIpc) is 2.06. The average molecular weight is 291 g/mol. The van der Waals surface area contributed by atoms with E-state index in [-0.39, 0.29) is 5.41 Å². The summed E-state index contributed by atoms with van der Waals surface area (Å²) in [5.74, 6) is 0. The number of pyridine rings is 1. The predicted molar refractivity (Wildman–Crippen MR) is 69.7 cm³/mol. The minimum Gasteiger partial charge on any atom is -0.263 e. The molecule has 0 saturated carbocycles. The van der Waals surface area contributed by atoms with Gasteiger partial charge in [0, 0.05) is 17.2 Å². The van der Waals surface area contributed by atoms with E-state index in [0.29, 0.717) is 4.83 Å². The standard InChI is InChI=1S/C12H17BrClN/c1-9(13)6-12(2,3)7-10-4-5-15-8-11(10)14/h4-5,8-9H,6-7H2,1-3H3. The van der Waals surface area contributed by atoms with Gasteiger partial charge < -0.3 is 0 Å². The number of nitrogens with zero attached hydrogens (tertiary/aromatic N) is 1. The Morgan fingerprint density at radius 1 is 1.53 bits per heavy atom. The Morgan fingerprint density at radius 3 is 2.73 bits per heavy atom. The van der Waals surface area contributed by atoms with E-state index in [2.05, 4.69) is 41.7 Å². The highest BCUT2D eigenvalue weighted by atomic mass is 79.9. The highest BCUT2D eigenvalue weighted by molar-refractivity contribution is 9.09. The fourth-order valence-corrected chi connectivity index (χ4v) is 2.96. The second kappa shape index (κ2) is 5.31. The van der Waals surface area contributed by atoms with Crippen LogP contribution in [0.4, 0.5) is 0 Å². The summed E-state index contributed by atoms with van der Waals surface area (Å²) >= 11 is 9.69. The molecule has 1 aromatic heterocycles. The van der Waals surface area contributed by atoms with Crippen molar-refractivity contribution in [2.45, 2.75) is 38.4 Å². The minimum atomic E-state index is 0.258. The molecule has 1 unspecified atom stereocenters. The molecule has 0 aliphatic heterocycles. The van der Waals surface area contributed by atoms with Gasteiger partial charge in [-0.25, -0.2) is 0 Å². The molecule has 1 rings (SSSR count). The van der Waals surface area contributed by atoms with Crippen LogP contribution in [-0.2, 0) is 6.42 Å². The molecule has 3 heteroatoms. The number of hydrogen-bond acceptors (Lipinski definition) is 1. The molecule has 1 aromatic rings. The molecule has 0 saturated heterocycles. The van der Waals surface area contributed by atoms with E-state index in [1.807, 2.05) is 6.07 Å². The number of halogens is 2. The van der Waals surface area contributed by atoms with Crippen LogP contribution in [0.5, 0.6) is 0 Å². The molecule has 0 amide bonds. The third-order valence-electron chi connectivity index (χ3n) is 2.36. The van der Waals surface area contributed by atoms with Crippen LogP contribution in [0.3, 0.4) is 0 Å². The maximum absolute atomic E-state index is 6.09. The van der Waals surface area contributed by atoms with Crippen LogP contribution in [0.25, 0.3) is 0 Å². The topological polar surface area (TPSA) is 12.9 Å². The van der Waals surface area contributed by atoms with E-state index >= 15 is 0 Å². The summed E-state index contributed by atoms with van der Waals surface area (Å²) in [4.78, 5) is 4.53. The van der Waals surface area contributed by atoms with E-state index < -0.39 is 0 Å². The van der Waals surface area contributed by atoms with Crippen molar-refractivity contribution < 1.29 is 0 Å². The third kappa shape index (κ3) is 4.52. The van der Waals surface area contributed by atoms with Gasteiger partial charge in [-0.1, -0.05) is 48.3 Å². The molecular formula is C12H17BrClN. The normalized spacial score (nSPS) is 13.9. The second-order valence-electron chi connectivity index (χ2n) is 4.79. The van der Waals surface area contributed by atoms with Gasteiger partial charge in [0.1, 0.15) is 0 Å². The van der Waals surface area contributed by atoms with Crippen molar-refractivity contribution in [3.8, 4) is 0 Å². The first-order valence-corrected chi connectivity index (χ1v) is 6.42. The van der Waals surface area contributed by atoms with E-state index in [0.717, 1.165) is 17.9 Å². The summed E-state index contributed by atoms with van der Waals surface area (Å²) in [6.07, 6.45) is 5.63. The molecule has 0 radical (unpaired) electrons. The summed E-state index contributed by atoms with van der Waals surface area (Å²) in [7, 11) is 0. The SMILES string of the molecule is CC(Br)CC(C)(C)Cc1ccncc1Cl. The molecule has 15 heavy (non-hydrogen) atoms. The van der Waals surface area contributed by atoms with Crippen molar-refractivity contribution in [3.05, 3.63) is 29.0 Å². The lowest BCUT2D eigenvalue weighted by Gasteiger charge is -2.26. The maximum Gasteiger partial charge on any atom is 0.0621 e. The molecule has 0 bridgehead atoms. The maximum atomic E-state index is 6.09. The van der Waals surface area contributed by atoms with Crippen LogP contribution >= 0.6 is 27.5 Å². The zero-order valence-corrected chi connectivity index (χ0v) is 11.8. The zero-order chi connectivity index (χ0) is 11.5. The fraction of sp³-hybridized carbons (Fsp3) is 0.583. The Balaban J connectivity index is 2.73. The van der Waals surface area contributed by atoms with Gasteiger partial charge in [-0.15, -0.1) is 0 Å². The lowest BCUT2D eigenvalue weighted by Crippen LogP contribution is -2.18. The second-order valence-corrected chi connectivity index (χ2v) is 6.76. The van der Waals surface area contributed by atoms with Gasteiger partial charge in [0.05, 0.1) is 5.02 Å². The van der Waals surface area contributed by atoms with Gasteiger partial charge in [-0.3, -0.25) is 4.98 Å². The highest BCUT2D eigenvalue weighted by Crippen LogP contribution is 2.31. The largest absolute Gasteiger partial charge is 0.263 e. The quantitative estimate of drug-likeness (QED) is 0.745. The Hall–Kier alpha value is -0.0800. The van der Waals surface area contributed by atoms with Gasteiger partial charge in [-0.05, 0) is 29.9 Å². The van der Waals surface area contributed by atoms with Crippen LogP contribution in [0, 0.1) is 5.41 Å². The van der Waals surface area contributed by atoms with Crippen LogP contribution in [0.2, 0.25) is 5.02 Å². The Labute approximate surface area is 105 Å². The zero-order valence-electron chi connectivity index (χ0n) is 9.43. The third-order valence-corrected chi connectivity index (χ3v) is 3.02. The molecular weight excluding hydrogens is 273 g/mol. The first-order valence-electron chi connectivity index (χ1n) is 5.13.